The van der Waals surface area contributed by atoms with Crippen LogP contribution in [-0.2, 0) is 4.74 Å². The summed E-state index contributed by atoms with van der Waals surface area (Å²) in [4.78, 5) is 0. The molecule has 88 valence electrons. The van der Waals surface area contributed by atoms with Gasteiger partial charge in [-0.05, 0) is 55.4 Å². The minimum atomic E-state index is -0.214. The van der Waals surface area contributed by atoms with Gasteiger partial charge in [0.15, 0.2) is 0 Å². The summed E-state index contributed by atoms with van der Waals surface area (Å²) in [6, 6.07) is 0. The van der Waals surface area contributed by atoms with Crippen molar-refractivity contribution in [1.29, 1.82) is 0 Å². The normalized spacial score (nSPS) is 12.3. The third kappa shape index (κ3) is 7.38. The molecule has 0 aliphatic carbocycles. The van der Waals surface area contributed by atoms with E-state index < -0.39 is 0 Å². The van der Waals surface area contributed by atoms with Crippen LogP contribution >= 0.6 is 0 Å². The fourth-order valence-corrected chi connectivity index (χ4v) is 2.13. The van der Waals surface area contributed by atoms with Gasteiger partial charge in [0.2, 0.25) is 0 Å². The van der Waals surface area contributed by atoms with Gasteiger partial charge < -0.3 is 4.74 Å². The Morgan fingerprint density at radius 3 is 1.20 bits per heavy atom. The number of rotatable bonds is 4. The van der Waals surface area contributed by atoms with Crippen molar-refractivity contribution in [3.8, 4) is 0 Å². The second kappa shape index (κ2) is 4.98. The summed E-state index contributed by atoms with van der Waals surface area (Å²) >= 11 is 0. The van der Waals surface area contributed by atoms with Crippen LogP contribution in [0.2, 0.25) is 0 Å². The zero-order valence-corrected chi connectivity index (χ0v) is 11.6. The van der Waals surface area contributed by atoms with Gasteiger partial charge in [0.25, 0.3) is 0 Å². The third-order valence-corrected chi connectivity index (χ3v) is 1.80. The zero-order valence-electron chi connectivity index (χ0n) is 11.6. The maximum atomic E-state index is 6.09. The first-order valence-electron chi connectivity index (χ1n) is 5.56. The van der Waals surface area contributed by atoms with Gasteiger partial charge in [0.1, 0.15) is 0 Å². The highest BCUT2D eigenvalue weighted by molar-refractivity contribution is 5.09. The summed E-state index contributed by atoms with van der Waals surface area (Å²) < 4.78 is 6.09. The Morgan fingerprint density at radius 1 is 0.733 bits per heavy atom. The lowest BCUT2D eigenvalue weighted by molar-refractivity contribution is -0.0690. The first-order chi connectivity index (χ1) is 6.54. The van der Waals surface area contributed by atoms with Crippen LogP contribution < -0.4 is 0 Å². The van der Waals surface area contributed by atoms with E-state index in [1.54, 1.807) is 0 Å². The molecule has 0 heterocycles. The Hall–Kier alpha value is -0.560. The Morgan fingerprint density at radius 2 is 1.00 bits per heavy atom. The molecule has 0 N–H and O–H groups in total. The quantitative estimate of drug-likeness (QED) is 0.621. The SMILES string of the molecule is CC(C)=CC(C)(C)OC(C)(C)C=C(C)C. The van der Waals surface area contributed by atoms with Crippen molar-refractivity contribution in [1.82, 2.24) is 0 Å². The van der Waals surface area contributed by atoms with Crippen molar-refractivity contribution >= 4 is 0 Å². The summed E-state index contributed by atoms with van der Waals surface area (Å²) in [6.45, 7) is 16.8. The van der Waals surface area contributed by atoms with Gasteiger partial charge in [-0.1, -0.05) is 23.3 Å². The van der Waals surface area contributed by atoms with Crippen LogP contribution in [0.1, 0.15) is 55.4 Å². The topological polar surface area (TPSA) is 9.23 Å². The van der Waals surface area contributed by atoms with Crippen LogP contribution in [0.4, 0.5) is 0 Å². The van der Waals surface area contributed by atoms with E-state index in [-0.39, 0.29) is 11.2 Å². The predicted molar refractivity (Wildman–Crippen MR) is 68.1 cm³/mol. The van der Waals surface area contributed by atoms with Gasteiger partial charge in [-0.2, -0.15) is 0 Å². The predicted octanol–water partition coefficient (Wildman–Crippen LogP) is 4.49. The first-order valence-corrected chi connectivity index (χ1v) is 5.56. The van der Waals surface area contributed by atoms with Crippen molar-refractivity contribution in [3.05, 3.63) is 23.3 Å². The number of hydrogen-bond acceptors (Lipinski definition) is 1. The molecule has 0 saturated heterocycles. The lowest BCUT2D eigenvalue weighted by atomic mass is 10.0. The van der Waals surface area contributed by atoms with E-state index in [0.717, 1.165) is 0 Å². The molecule has 0 amide bonds. The molecule has 0 bridgehead atoms. The molecule has 1 nitrogen and oxygen atoms in total. The van der Waals surface area contributed by atoms with Gasteiger partial charge in [0.05, 0.1) is 11.2 Å². The number of ether oxygens (including phenoxy) is 1. The monoisotopic (exact) mass is 210 g/mol. The van der Waals surface area contributed by atoms with Crippen molar-refractivity contribution in [2.75, 3.05) is 0 Å². The average Bonchev–Trinajstić information content (AvgIpc) is 1.73. The van der Waals surface area contributed by atoms with Gasteiger partial charge in [0, 0.05) is 0 Å². The van der Waals surface area contributed by atoms with Gasteiger partial charge in [-0.3, -0.25) is 0 Å². The highest BCUT2D eigenvalue weighted by Gasteiger charge is 2.25. The molecular formula is C14H26O. The Balaban J connectivity index is 4.72. The van der Waals surface area contributed by atoms with Crippen LogP contribution in [0.25, 0.3) is 0 Å². The average molecular weight is 210 g/mol. The molecular weight excluding hydrogens is 184 g/mol. The molecule has 0 radical (unpaired) electrons. The standard InChI is InChI=1S/C14H26O/c1-11(2)9-13(5,6)15-14(7,8)10-12(3)4/h9-10H,1-8H3. The summed E-state index contributed by atoms with van der Waals surface area (Å²) in [5.41, 5.74) is 2.14. The summed E-state index contributed by atoms with van der Waals surface area (Å²) in [5, 5.41) is 0. The third-order valence-electron chi connectivity index (χ3n) is 1.80. The van der Waals surface area contributed by atoms with Crippen LogP contribution in [0.5, 0.6) is 0 Å². The summed E-state index contributed by atoms with van der Waals surface area (Å²) in [5.74, 6) is 0. The summed E-state index contributed by atoms with van der Waals surface area (Å²) in [6.07, 6.45) is 4.32. The molecule has 0 unspecified atom stereocenters. The van der Waals surface area contributed by atoms with Crippen LogP contribution in [0.3, 0.4) is 0 Å². The molecule has 0 aliphatic rings. The Kier molecular flexibility index (Phi) is 4.79. The summed E-state index contributed by atoms with van der Waals surface area (Å²) in [7, 11) is 0. The van der Waals surface area contributed by atoms with E-state index in [4.69, 9.17) is 4.74 Å². The molecule has 1 heteroatoms. The highest BCUT2D eigenvalue weighted by Crippen LogP contribution is 2.24. The maximum Gasteiger partial charge on any atom is 0.0820 e. The largest absolute Gasteiger partial charge is 0.362 e. The fraction of sp³-hybridized carbons (Fsp3) is 0.714. The molecule has 15 heavy (non-hydrogen) atoms. The van der Waals surface area contributed by atoms with Gasteiger partial charge in [-0.15, -0.1) is 0 Å². The van der Waals surface area contributed by atoms with E-state index in [1.807, 2.05) is 0 Å². The fourth-order valence-electron chi connectivity index (χ4n) is 2.13. The molecule has 0 aromatic rings. The second-order valence-corrected chi connectivity index (χ2v) is 5.75. The Bertz CT molecular complexity index is 231. The molecule has 0 aromatic carbocycles. The van der Waals surface area contributed by atoms with Crippen LogP contribution in [-0.4, -0.2) is 11.2 Å². The smallest absolute Gasteiger partial charge is 0.0820 e. The van der Waals surface area contributed by atoms with Crippen molar-refractivity contribution < 1.29 is 4.74 Å². The van der Waals surface area contributed by atoms with E-state index in [0.29, 0.717) is 0 Å². The maximum absolute atomic E-state index is 6.09. The van der Waals surface area contributed by atoms with E-state index in [9.17, 15) is 0 Å². The van der Waals surface area contributed by atoms with Crippen LogP contribution in [0.15, 0.2) is 23.3 Å². The van der Waals surface area contributed by atoms with Crippen molar-refractivity contribution in [2.45, 2.75) is 66.6 Å². The molecule has 0 saturated carbocycles. The molecule has 0 aromatic heterocycles. The zero-order chi connectivity index (χ0) is 12.3. The van der Waals surface area contributed by atoms with E-state index >= 15 is 0 Å². The minimum Gasteiger partial charge on any atom is -0.362 e. The molecule has 0 fully saturated rings. The molecule has 0 rings (SSSR count). The van der Waals surface area contributed by atoms with Crippen molar-refractivity contribution in [2.24, 2.45) is 0 Å². The minimum absolute atomic E-state index is 0.214. The number of allylic oxidation sites excluding steroid dienone is 2. The van der Waals surface area contributed by atoms with Gasteiger partial charge in [-0.25, -0.2) is 0 Å². The molecule has 0 spiro atoms. The molecule has 0 aliphatic heterocycles. The lowest BCUT2D eigenvalue weighted by Gasteiger charge is -2.33. The molecule has 0 atom stereocenters. The second-order valence-electron chi connectivity index (χ2n) is 5.75. The van der Waals surface area contributed by atoms with E-state index in [1.165, 1.54) is 11.1 Å². The van der Waals surface area contributed by atoms with E-state index in [2.05, 4.69) is 67.5 Å². The lowest BCUT2D eigenvalue weighted by Crippen LogP contribution is -2.34. The Labute approximate surface area is 95.2 Å². The highest BCUT2D eigenvalue weighted by atomic mass is 16.5. The first kappa shape index (κ1) is 14.4. The van der Waals surface area contributed by atoms with Gasteiger partial charge >= 0.3 is 0 Å². The van der Waals surface area contributed by atoms with Crippen LogP contribution in [0, 0.1) is 0 Å². The number of hydrogen-bond donors (Lipinski definition) is 0. The van der Waals surface area contributed by atoms with Crippen molar-refractivity contribution in [3.63, 3.8) is 0 Å².